The highest BCUT2D eigenvalue weighted by atomic mass is 32.2. The Hall–Kier alpha value is -2.82. The summed E-state index contributed by atoms with van der Waals surface area (Å²) in [6, 6.07) is 0.330. The Bertz CT molecular complexity index is 1080. The fourth-order valence-corrected chi connectivity index (χ4v) is 6.16. The number of urea groups is 1. The van der Waals surface area contributed by atoms with E-state index in [1.807, 2.05) is 11.8 Å². The average molecular weight is 638 g/mol. The van der Waals surface area contributed by atoms with E-state index in [4.69, 9.17) is 19.9 Å². The molecule has 2 aliphatic rings. The molecule has 0 aliphatic carbocycles. The van der Waals surface area contributed by atoms with Crippen LogP contribution in [0.3, 0.4) is 0 Å². The SMILES string of the molecule is Nc1c(F)c(F)c(C(=O)NCCCOCCOCCOCCCNC(=O)CCCCC2SCC3NC(=O)NC32)c(F)c1F. The van der Waals surface area contributed by atoms with E-state index in [1.165, 1.54) is 0 Å². The molecular weight excluding hydrogens is 598 g/mol. The Balaban J connectivity index is 1.06. The number of carbonyl (C=O) groups is 3. The first-order valence-electron chi connectivity index (χ1n) is 14.3. The largest absolute Gasteiger partial charge is 0.394 e. The van der Waals surface area contributed by atoms with Crippen molar-refractivity contribution in [1.29, 1.82) is 0 Å². The highest BCUT2D eigenvalue weighted by Gasteiger charge is 2.42. The summed E-state index contributed by atoms with van der Waals surface area (Å²) in [5.74, 6) is -7.70. The smallest absolute Gasteiger partial charge is 0.315 e. The van der Waals surface area contributed by atoms with Crippen molar-refractivity contribution < 1.29 is 46.2 Å². The van der Waals surface area contributed by atoms with E-state index in [1.54, 1.807) is 0 Å². The second-order valence-corrected chi connectivity index (χ2v) is 11.3. The zero-order valence-electron chi connectivity index (χ0n) is 23.8. The molecule has 16 heteroatoms. The summed E-state index contributed by atoms with van der Waals surface area (Å²) in [7, 11) is 0. The third kappa shape index (κ3) is 10.7. The monoisotopic (exact) mass is 637 g/mol. The molecule has 3 unspecified atom stereocenters. The fraction of sp³-hybridized carbons (Fsp3) is 0.667. The molecule has 0 aromatic heterocycles. The van der Waals surface area contributed by atoms with Crippen LogP contribution in [0.5, 0.6) is 0 Å². The number of anilines is 1. The lowest BCUT2D eigenvalue weighted by Crippen LogP contribution is -2.36. The Morgan fingerprint density at radius 3 is 2.02 bits per heavy atom. The number of unbranched alkanes of at least 4 members (excludes halogenated alkanes) is 1. The number of carbonyl (C=O) groups excluding carboxylic acids is 3. The minimum Gasteiger partial charge on any atom is -0.394 e. The number of nitrogens with two attached hydrogens (primary N) is 1. The molecule has 0 saturated carbocycles. The van der Waals surface area contributed by atoms with Crippen molar-refractivity contribution in [3.63, 3.8) is 0 Å². The minimum atomic E-state index is -1.85. The molecule has 2 aliphatic heterocycles. The molecule has 4 amide bonds. The number of thioether (sulfide) groups is 1. The van der Waals surface area contributed by atoms with Crippen LogP contribution < -0.4 is 27.0 Å². The molecule has 0 bridgehead atoms. The van der Waals surface area contributed by atoms with E-state index in [0.717, 1.165) is 25.0 Å². The molecule has 2 fully saturated rings. The van der Waals surface area contributed by atoms with Crippen molar-refractivity contribution in [3.8, 4) is 0 Å². The van der Waals surface area contributed by atoms with Crippen LogP contribution in [0.15, 0.2) is 0 Å². The Morgan fingerprint density at radius 2 is 1.40 bits per heavy atom. The van der Waals surface area contributed by atoms with E-state index >= 15 is 0 Å². The summed E-state index contributed by atoms with van der Waals surface area (Å²) in [4.78, 5) is 35.3. The molecular formula is C27H39F4N5O6S. The lowest BCUT2D eigenvalue weighted by molar-refractivity contribution is -0.121. The van der Waals surface area contributed by atoms with Crippen molar-refractivity contribution in [2.24, 2.45) is 0 Å². The first kappa shape index (κ1) is 34.7. The second-order valence-electron chi connectivity index (χ2n) is 10.1. The van der Waals surface area contributed by atoms with Gasteiger partial charge < -0.3 is 41.2 Å². The van der Waals surface area contributed by atoms with Crippen LogP contribution in [-0.2, 0) is 19.0 Å². The molecule has 3 atom stereocenters. The minimum absolute atomic E-state index is 0.0221. The Morgan fingerprint density at radius 1 is 0.814 bits per heavy atom. The van der Waals surface area contributed by atoms with Gasteiger partial charge in [-0.1, -0.05) is 6.42 Å². The predicted molar refractivity (Wildman–Crippen MR) is 152 cm³/mol. The number of hydrogen-bond donors (Lipinski definition) is 5. The zero-order chi connectivity index (χ0) is 31.2. The first-order chi connectivity index (χ1) is 20.7. The molecule has 242 valence electrons. The first-order valence-corrected chi connectivity index (χ1v) is 15.3. The molecule has 2 heterocycles. The van der Waals surface area contributed by atoms with Crippen molar-refractivity contribution in [2.45, 2.75) is 55.9 Å². The van der Waals surface area contributed by atoms with E-state index < -0.39 is 40.4 Å². The van der Waals surface area contributed by atoms with Crippen molar-refractivity contribution in [3.05, 3.63) is 28.8 Å². The Labute approximate surface area is 251 Å². The Kier molecular flexibility index (Phi) is 14.6. The highest BCUT2D eigenvalue weighted by Crippen LogP contribution is 2.33. The summed E-state index contributed by atoms with van der Waals surface area (Å²) < 4.78 is 70.7. The van der Waals surface area contributed by atoms with Gasteiger partial charge in [-0.2, -0.15) is 11.8 Å². The van der Waals surface area contributed by atoms with Gasteiger partial charge >= 0.3 is 6.03 Å². The number of hydrogen-bond acceptors (Lipinski definition) is 8. The van der Waals surface area contributed by atoms with E-state index in [9.17, 15) is 31.9 Å². The molecule has 11 nitrogen and oxygen atoms in total. The van der Waals surface area contributed by atoms with Crippen LogP contribution in [0, 0.1) is 23.3 Å². The standard InChI is InChI=1S/C27H39F4N5O6S/c28-20-19(21(29)23(31)24(32)22(20)30)26(38)34-8-4-10-41-12-14-42-13-11-40-9-3-7-33-18(37)6-2-1-5-17-25-16(15-43-17)35-27(39)36-25/h16-17,25H,1-15,32H2,(H,33,37)(H,34,38)(H2,35,36,39). The summed E-state index contributed by atoms with van der Waals surface area (Å²) in [5.41, 5.74) is 2.22. The maximum Gasteiger partial charge on any atom is 0.315 e. The maximum absolute atomic E-state index is 13.8. The summed E-state index contributed by atoms with van der Waals surface area (Å²) in [6.45, 7) is 2.50. The van der Waals surface area contributed by atoms with Crippen molar-refractivity contribution in [2.75, 3.05) is 64.2 Å². The van der Waals surface area contributed by atoms with Gasteiger partial charge in [-0.15, -0.1) is 0 Å². The van der Waals surface area contributed by atoms with E-state index in [-0.39, 0.29) is 50.2 Å². The van der Waals surface area contributed by atoms with Gasteiger partial charge in [0.2, 0.25) is 5.91 Å². The van der Waals surface area contributed by atoms with Crippen molar-refractivity contribution in [1.82, 2.24) is 21.3 Å². The number of ether oxygens (including phenoxy) is 3. The van der Waals surface area contributed by atoms with Gasteiger partial charge in [-0.05, 0) is 25.7 Å². The van der Waals surface area contributed by atoms with Crippen LogP contribution in [0.2, 0.25) is 0 Å². The van der Waals surface area contributed by atoms with Crippen LogP contribution in [-0.4, -0.2) is 93.7 Å². The van der Waals surface area contributed by atoms with Gasteiger partial charge in [0, 0.05) is 43.7 Å². The molecule has 1 aromatic rings. The van der Waals surface area contributed by atoms with Crippen LogP contribution in [0.25, 0.3) is 0 Å². The van der Waals surface area contributed by atoms with Gasteiger partial charge in [-0.25, -0.2) is 22.4 Å². The number of fused-ring (bicyclic) bond motifs is 1. The lowest BCUT2D eigenvalue weighted by atomic mass is 10.0. The number of rotatable bonds is 20. The number of nitrogen functional groups attached to an aromatic ring is 1. The predicted octanol–water partition coefficient (Wildman–Crippen LogP) is 2.23. The molecule has 2 saturated heterocycles. The normalized spacial score (nSPS) is 19.2. The van der Waals surface area contributed by atoms with Crippen LogP contribution in [0.4, 0.5) is 28.0 Å². The van der Waals surface area contributed by atoms with Gasteiger partial charge in [0.05, 0.1) is 38.5 Å². The van der Waals surface area contributed by atoms with Gasteiger partial charge in [-0.3, -0.25) is 9.59 Å². The molecule has 6 N–H and O–H groups in total. The average Bonchev–Trinajstić information content (AvgIpc) is 3.54. The van der Waals surface area contributed by atoms with Crippen LogP contribution in [0.1, 0.15) is 48.9 Å². The summed E-state index contributed by atoms with van der Waals surface area (Å²) >= 11 is 1.87. The number of halogens is 4. The fourth-order valence-electron chi connectivity index (χ4n) is 4.62. The molecule has 0 spiro atoms. The number of nitrogens with one attached hydrogen (secondary N) is 4. The third-order valence-electron chi connectivity index (χ3n) is 6.89. The molecule has 1 aromatic carbocycles. The maximum atomic E-state index is 13.8. The summed E-state index contributed by atoms with van der Waals surface area (Å²) in [5, 5.41) is 11.4. The molecule has 3 rings (SSSR count). The van der Waals surface area contributed by atoms with E-state index in [2.05, 4.69) is 21.3 Å². The summed E-state index contributed by atoms with van der Waals surface area (Å²) in [6.07, 6.45) is 4.19. The van der Waals surface area contributed by atoms with Crippen LogP contribution >= 0.6 is 11.8 Å². The lowest BCUT2D eigenvalue weighted by Gasteiger charge is -2.16. The topological polar surface area (TPSA) is 153 Å². The third-order valence-corrected chi connectivity index (χ3v) is 8.40. The number of benzene rings is 1. The van der Waals surface area contributed by atoms with Gasteiger partial charge in [0.15, 0.2) is 23.3 Å². The van der Waals surface area contributed by atoms with E-state index in [0.29, 0.717) is 51.1 Å². The van der Waals surface area contributed by atoms with Crippen molar-refractivity contribution >= 4 is 35.3 Å². The van der Waals surface area contributed by atoms with Gasteiger partial charge in [0.1, 0.15) is 11.3 Å². The second kappa shape index (κ2) is 18.1. The molecule has 0 radical (unpaired) electrons. The number of amides is 4. The highest BCUT2D eigenvalue weighted by molar-refractivity contribution is 8.00. The van der Waals surface area contributed by atoms with Gasteiger partial charge in [0.25, 0.3) is 5.91 Å². The molecule has 43 heavy (non-hydrogen) atoms. The quantitative estimate of drug-likeness (QED) is 0.0480. The zero-order valence-corrected chi connectivity index (χ0v) is 24.6.